The van der Waals surface area contributed by atoms with Crippen LogP contribution in [0.15, 0.2) is 24.3 Å². The fourth-order valence-corrected chi connectivity index (χ4v) is 9.79. The first-order valence-electron chi connectivity index (χ1n) is 32.3. The van der Waals surface area contributed by atoms with Crippen LogP contribution in [0.1, 0.15) is 361 Å². The van der Waals surface area contributed by atoms with Gasteiger partial charge in [-0.2, -0.15) is 0 Å². The number of unbranched alkanes of at least 4 members (excludes halogenated alkanes) is 45. The van der Waals surface area contributed by atoms with Crippen molar-refractivity contribution in [3.8, 4) is 0 Å². The van der Waals surface area contributed by atoms with E-state index in [1.807, 2.05) is 0 Å². The maximum absolute atomic E-state index is 12.9. The lowest BCUT2D eigenvalue weighted by Gasteiger charge is -2.18. The van der Waals surface area contributed by atoms with Crippen molar-refractivity contribution in [3.63, 3.8) is 0 Å². The van der Waals surface area contributed by atoms with E-state index in [-0.39, 0.29) is 31.1 Å². The molecule has 0 aromatic carbocycles. The summed E-state index contributed by atoms with van der Waals surface area (Å²) in [5, 5.41) is 0. The Morgan fingerprint density at radius 2 is 0.458 bits per heavy atom. The van der Waals surface area contributed by atoms with Crippen molar-refractivity contribution >= 4 is 17.9 Å². The van der Waals surface area contributed by atoms with E-state index in [1.54, 1.807) is 0 Å². The summed E-state index contributed by atoms with van der Waals surface area (Å²) >= 11 is 0. The number of esters is 3. The van der Waals surface area contributed by atoms with Crippen LogP contribution < -0.4 is 0 Å². The summed E-state index contributed by atoms with van der Waals surface area (Å²) < 4.78 is 16.9. The Labute approximate surface area is 449 Å². The molecule has 6 nitrogen and oxygen atoms in total. The molecular formula is C66H124O6. The molecule has 0 aromatic rings. The Hall–Kier alpha value is -2.11. The van der Waals surface area contributed by atoms with Crippen molar-refractivity contribution in [1.82, 2.24) is 0 Å². The Balaban J connectivity index is 4.27. The average molecular weight is 1010 g/mol. The lowest BCUT2D eigenvalue weighted by atomic mass is 10.0. The molecule has 0 N–H and O–H groups in total. The minimum atomic E-state index is -0.774. The van der Waals surface area contributed by atoms with Crippen LogP contribution in [-0.4, -0.2) is 37.2 Å². The second-order valence-corrected chi connectivity index (χ2v) is 22.0. The van der Waals surface area contributed by atoms with Gasteiger partial charge >= 0.3 is 17.9 Å². The van der Waals surface area contributed by atoms with E-state index >= 15 is 0 Å². The number of hydrogen-bond donors (Lipinski definition) is 0. The standard InChI is InChI=1S/C66H124O6/c1-4-7-10-13-16-19-22-25-28-30-31-32-33-34-35-37-38-41-44-47-50-53-56-59-65(68)71-62-63(61-70-64(67)58-55-52-49-46-43-40-27-24-21-18-15-12-9-6-3)72-66(69)60-57-54-51-48-45-42-39-36-29-26-23-20-17-14-11-8-5-2/h24,26-27,29,63H,4-23,25,28,30-62H2,1-3H3/b27-24-,29-26-. The summed E-state index contributed by atoms with van der Waals surface area (Å²) in [6.07, 6.45) is 73.3. The van der Waals surface area contributed by atoms with Gasteiger partial charge in [0.05, 0.1) is 0 Å². The van der Waals surface area contributed by atoms with Crippen LogP contribution in [0, 0.1) is 0 Å². The predicted molar refractivity (Wildman–Crippen MR) is 312 cm³/mol. The van der Waals surface area contributed by atoms with Crippen molar-refractivity contribution in [2.75, 3.05) is 13.2 Å². The highest BCUT2D eigenvalue weighted by atomic mass is 16.6. The molecule has 0 saturated carbocycles. The Bertz CT molecular complexity index is 1160. The molecule has 0 aromatic heterocycles. The van der Waals surface area contributed by atoms with Crippen molar-refractivity contribution in [2.45, 2.75) is 367 Å². The third-order valence-electron chi connectivity index (χ3n) is 14.7. The number of allylic oxidation sites excluding steroid dienone is 4. The highest BCUT2D eigenvalue weighted by molar-refractivity contribution is 5.71. The van der Waals surface area contributed by atoms with Crippen LogP contribution in [0.25, 0.3) is 0 Å². The van der Waals surface area contributed by atoms with Gasteiger partial charge in [0.2, 0.25) is 0 Å². The van der Waals surface area contributed by atoms with Gasteiger partial charge in [-0.25, -0.2) is 0 Å². The molecule has 424 valence electrons. The van der Waals surface area contributed by atoms with E-state index in [4.69, 9.17) is 14.2 Å². The SMILES string of the molecule is CCCCCCC/C=C\CCCCCCCC(=O)OCC(COC(=O)CCCCCCCCCCCCCCCCCCCCCCCCC)OC(=O)CCCCCCCCC/C=C\CCCCCCCC. The van der Waals surface area contributed by atoms with Crippen molar-refractivity contribution in [1.29, 1.82) is 0 Å². The van der Waals surface area contributed by atoms with E-state index in [9.17, 15) is 14.4 Å². The summed E-state index contributed by atoms with van der Waals surface area (Å²) in [6.45, 7) is 6.68. The van der Waals surface area contributed by atoms with Gasteiger partial charge in [-0.05, 0) is 70.6 Å². The molecule has 0 heterocycles. The molecule has 6 heteroatoms. The van der Waals surface area contributed by atoms with E-state index in [2.05, 4.69) is 45.1 Å². The minimum absolute atomic E-state index is 0.0707. The van der Waals surface area contributed by atoms with E-state index in [0.29, 0.717) is 19.3 Å². The maximum Gasteiger partial charge on any atom is 0.306 e. The van der Waals surface area contributed by atoms with Gasteiger partial charge in [0, 0.05) is 19.3 Å². The molecule has 0 bridgehead atoms. The number of carbonyl (C=O) groups is 3. The lowest BCUT2D eigenvalue weighted by Crippen LogP contribution is -2.30. The molecule has 0 aliphatic heterocycles. The molecule has 0 fully saturated rings. The number of ether oxygens (including phenoxy) is 3. The molecule has 0 radical (unpaired) electrons. The first-order valence-corrected chi connectivity index (χ1v) is 32.3. The molecule has 1 unspecified atom stereocenters. The summed E-state index contributed by atoms with van der Waals surface area (Å²) in [5.74, 6) is -0.858. The van der Waals surface area contributed by atoms with Crippen LogP contribution in [0.3, 0.4) is 0 Å². The predicted octanol–water partition coefficient (Wildman–Crippen LogP) is 21.8. The summed E-state index contributed by atoms with van der Waals surface area (Å²) in [4.78, 5) is 38.3. The smallest absolute Gasteiger partial charge is 0.306 e. The quantitative estimate of drug-likeness (QED) is 0.0261. The van der Waals surface area contributed by atoms with Gasteiger partial charge < -0.3 is 14.2 Å². The topological polar surface area (TPSA) is 78.9 Å². The second-order valence-electron chi connectivity index (χ2n) is 22.0. The molecule has 0 amide bonds. The van der Waals surface area contributed by atoms with Crippen molar-refractivity contribution in [2.24, 2.45) is 0 Å². The van der Waals surface area contributed by atoms with E-state index in [0.717, 1.165) is 64.2 Å². The normalized spacial score (nSPS) is 12.1. The summed E-state index contributed by atoms with van der Waals surface area (Å²) in [5.41, 5.74) is 0. The van der Waals surface area contributed by atoms with Gasteiger partial charge in [-0.1, -0.05) is 295 Å². The third kappa shape index (κ3) is 58.8. The Morgan fingerprint density at radius 1 is 0.264 bits per heavy atom. The van der Waals surface area contributed by atoms with Gasteiger partial charge in [-0.3, -0.25) is 14.4 Å². The monoisotopic (exact) mass is 1010 g/mol. The van der Waals surface area contributed by atoms with Crippen molar-refractivity contribution in [3.05, 3.63) is 24.3 Å². The highest BCUT2D eigenvalue weighted by Crippen LogP contribution is 2.18. The summed E-state index contributed by atoms with van der Waals surface area (Å²) in [7, 11) is 0. The molecule has 0 spiro atoms. The van der Waals surface area contributed by atoms with Gasteiger partial charge in [0.15, 0.2) is 6.10 Å². The van der Waals surface area contributed by atoms with E-state index < -0.39 is 6.10 Å². The molecular weight excluding hydrogens is 889 g/mol. The Kier molecular flexibility index (Phi) is 59.6. The van der Waals surface area contributed by atoms with Crippen LogP contribution in [0.5, 0.6) is 0 Å². The number of rotatable bonds is 60. The van der Waals surface area contributed by atoms with Gasteiger partial charge in [0.1, 0.15) is 13.2 Å². The molecule has 0 rings (SSSR count). The van der Waals surface area contributed by atoms with Crippen LogP contribution >= 0.6 is 0 Å². The highest BCUT2D eigenvalue weighted by Gasteiger charge is 2.19. The first kappa shape index (κ1) is 69.9. The lowest BCUT2D eigenvalue weighted by molar-refractivity contribution is -0.167. The molecule has 0 aliphatic rings. The van der Waals surface area contributed by atoms with Crippen LogP contribution in [0.2, 0.25) is 0 Å². The molecule has 72 heavy (non-hydrogen) atoms. The largest absolute Gasteiger partial charge is 0.462 e. The molecule has 0 aliphatic carbocycles. The fraction of sp³-hybridized carbons (Fsp3) is 0.894. The molecule has 0 saturated heterocycles. The number of carbonyl (C=O) groups excluding carboxylic acids is 3. The zero-order valence-corrected chi connectivity index (χ0v) is 48.7. The second kappa shape index (κ2) is 61.4. The summed E-state index contributed by atoms with van der Waals surface area (Å²) in [6, 6.07) is 0. The van der Waals surface area contributed by atoms with Crippen molar-refractivity contribution < 1.29 is 28.6 Å². The Morgan fingerprint density at radius 3 is 0.694 bits per heavy atom. The third-order valence-corrected chi connectivity index (χ3v) is 14.7. The van der Waals surface area contributed by atoms with Gasteiger partial charge in [-0.15, -0.1) is 0 Å². The van der Waals surface area contributed by atoms with Crippen LogP contribution in [0.4, 0.5) is 0 Å². The average Bonchev–Trinajstić information content (AvgIpc) is 3.38. The maximum atomic E-state index is 12.9. The van der Waals surface area contributed by atoms with Crippen LogP contribution in [-0.2, 0) is 28.6 Å². The zero-order chi connectivity index (χ0) is 52.2. The minimum Gasteiger partial charge on any atom is -0.462 e. The fourth-order valence-electron chi connectivity index (χ4n) is 9.79. The van der Waals surface area contributed by atoms with Gasteiger partial charge in [0.25, 0.3) is 0 Å². The zero-order valence-electron chi connectivity index (χ0n) is 48.7. The van der Waals surface area contributed by atoms with E-state index in [1.165, 1.54) is 257 Å². The molecule has 1 atom stereocenters. The number of hydrogen-bond acceptors (Lipinski definition) is 6. The first-order chi connectivity index (χ1) is 35.5.